The molecule has 1 aromatic rings. The predicted octanol–water partition coefficient (Wildman–Crippen LogP) is 3.00. The minimum absolute atomic E-state index is 0.123. The molecule has 1 aliphatic heterocycles. The van der Waals surface area contributed by atoms with E-state index in [1.807, 2.05) is 6.92 Å². The molecule has 0 bridgehead atoms. The van der Waals surface area contributed by atoms with Crippen molar-refractivity contribution in [3.05, 3.63) is 34.9 Å². The Bertz CT molecular complexity index is 462. The molecule has 1 heterocycles. The summed E-state index contributed by atoms with van der Waals surface area (Å²) >= 11 is 0. The standard InChI is InChI=1S/C15H22F2N2/c1-9-4-15(17)13(6-14(9)16)11(3)19-8-12(7-18)5-10(19)2/h4,6,10-12H,5,7-8,18H2,1-3H3. The number of rotatable bonds is 3. The Morgan fingerprint density at radius 2 is 2.05 bits per heavy atom. The first-order valence-corrected chi connectivity index (χ1v) is 6.85. The maximum Gasteiger partial charge on any atom is 0.128 e. The lowest BCUT2D eigenvalue weighted by Gasteiger charge is -2.29. The molecule has 1 saturated heterocycles. The van der Waals surface area contributed by atoms with Crippen molar-refractivity contribution >= 4 is 0 Å². The third-order valence-electron chi connectivity index (χ3n) is 4.27. The summed E-state index contributed by atoms with van der Waals surface area (Å²) in [5, 5.41) is 0. The lowest BCUT2D eigenvalue weighted by molar-refractivity contribution is 0.196. The molecule has 1 fully saturated rings. The van der Waals surface area contributed by atoms with Crippen molar-refractivity contribution in [1.29, 1.82) is 0 Å². The first kappa shape index (κ1) is 14.4. The lowest BCUT2D eigenvalue weighted by Crippen LogP contribution is -2.31. The van der Waals surface area contributed by atoms with E-state index in [0.717, 1.165) is 13.0 Å². The van der Waals surface area contributed by atoms with Crippen LogP contribution in [0.5, 0.6) is 0 Å². The van der Waals surface area contributed by atoms with Crippen LogP contribution in [0.3, 0.4) is 0 Å². The molecule has 0 radical (unpaired) electrons. The highest BCUT2D eigenvalue weighted by atomic mass is 19.1. The van der Waals surface area contributed by atoms with E-state index in [4.69, 9.17) is 5.73 Å². The Balaban J connectivity index is 2.25. The SMILES string of the molecule is Cc1cc(F)c(C(C)N2CC(CN)CC2C)cc1F. The Morgan fingerprint density at radius 1 is 1.37 bits per heavy atom. The van der Waals surface area contributed by atoms with Gasteiger partial charge in [-0.1, -0.05) is 0 Å². The highest BCUT2D eigenvalue weighted by molar-refractivity contribution is 5.27. The predicted molar refractivity (Wildman–Crippen MR) is 72.8 cm³/mol. The number of benzene rings is 1. The van der Waals surface area contributed by atoms with Gasteiger partial charge in [-0.2, -0.15) is 0 Å². The molecular weight excluding hydrogens is 246 g/mol. The average molecular weight is 268 g/mol. The van der Waals surface area contributed by atoms with E-state index in [-0.39, 0.29) is 17.7 Å². The molecule has 3 unspecified atom stereocenters. The van der Waals surface area contributed by atoms with E-state index in [1.165, 1.54) is 12.1 Å². The summed E-state index contributed by atoms with van der Waals surface area (Å²) in [6.07, 6.45) is 1.02. The van der Waals surface area contributed by atoms with Gasteiger partial charge in [0, 0.05) is 24.2 Å². The Hall–Kier alpha value is -1.00. The van der Waals surface area contributed by atoms with Crippen molar-refractivity contribution in [1.82, 2.24) is 4.90 Å². The zero-order valence-electron chi connectivity index (χ0n) is 11.8. The minimum Gasteiger partial charge on any atom is -0.330 e. The van der Waals surface area contributed by atoms with Crippen molar-refractivity contribution in [3.63, 3.8) is 0 Å². The number of nitrogens with zero attached hydrogens (tertiary/aromatic N) is 1. The van der Waals surface area contributed by atoms with Gasteiger partial charge >= 0.3 is 0 Å². The van der Waals surface area contributed by atoms with E-state index in [1.54, 1.807) is 6.92 Å². The van der Waals surface area contributed by atoms with Crippen LogP contribution in [0.15, 0.2) is 12.1 Å². The van der Waals surface area contributed by atoms with E-state index in [0.29, 0.717) is 29.6 Å². The molecular formula is C15H22F2N2. The molecule has 0 aromatic heterocycles. The molecule has 0 aliphatic carbocycles. The van der Waals surface area contributed by atoms with Crippen LogP contribution < -0.4 is 5.73 Å². The van der Waals surface area contributed by atoms with E-state index in [2.05, 4.69) is 11.8 Å². The summed E-state index contributed by atoms with van der Waals surface area (Å²) in [7, 11) is 0. The highest BCUT2D eigenvalue weighted by Gasteiger charge is 2.33. The highest BCUT2D eigenvalue weighted by Crippen LogP contribution is 2.33. The largest absolute Gasteiger partial charge is 0.330 e. The van der Waals surface area contributed by atoms with Crippen LogP contribution >= 0.6 is 0 Å². The summed E-state index contributed by atoms with van der Waals surface area (Å²) in [5.41, 5.74) is 6.50. The lowest BCUT2D eigenvalue weighted by atomic mass is 10.0. The van der Waals surface area contributed by atoms with Gasteiger partial charge in [0.05, 0.1) is 0 Å². The Labute approximate surface area is 113 Å². The fourth-order valence-corrected chi connectivity index (χ4v) is 3.04. The second-order valence-corrected chi connectivity index (χ2v) is 5.68. The quantitative estimate of drug-likeness (QED) is 0.913. The summed E-state index contributed by atoms with van der Waals surface area (Å²) in [4.78, 5) is 2.21. The Morgan fingerprint density at radius 3 is 2.63 bits per heavy atom. The fourth-order valence-electron chi connectivity index (χ4n) is 3.04. The molecule has 0 amide bonds. The number of aryl methyl sites for hydroxylation is 1. The molecule has 3 atom stereocenters. The van der Waals surface area contributed by atoms with Gasteiger partial charge in [0.25, 0.3) is 0 Å². The summed E-state index contributed by atoms with van der Waals surface area (Å²) in [6, 6.07) is 2.84. The van der Waals surface area contributed by atoms with Crippen molar-refractivity contribution in [2.24, 2.45) is 11.7 Å². The molecule has 1 aromatic carbocycles. The maximum absolute atomic E-state index is 14.0. The van der Waals surface area contributed by atoms with E-state index in [9.17, 15) is 8.78 Å². The average Bonchev–Trinajstić information content (AvgIpc) is 2.74. The number of hydrogen-bond acceptors (Lipinski definition) is 2. The first-order valence-electron chi connectivity index (χ1n) is 6.85. The molecule has 4 heteroatoms. The van der Waals surface area contributed by atoms with Gasteiger partial charge in [0.15, 0.2) is 0 Å². The summed E-state index contributed by atoms with van der Waals surface area (Å²) in [6.45, 7) is 7.14. The maximum atomic E-state index is 14.0. The molecule has 1 aliphatic rings. The normalized spacial score (nSPS) is 25.8. The van der Waals surface area contributed by atoms with Crippen LogP contribution in [-0.2, 0) is 0 Å². The third-order valence-corrected chi connectivity index (χ3v) is 4.27. The molecule has 19 heavy (non-hydrogen) atoms. The molecule has 0 spiro atoms. The second kappa shape index (κ2) is 5.55. The molecule has 2 N–H and O–H groups in total. The number of likely N-dealkylation sites (tertiary alicyclic amines) is 1. The fraction of sp³-hybridized carbons (Fsp3) is 0.600. The van der Waals surface area contributed by atoms with Crippen LogP contribution in [0, 0.1) is 24.5 Å². The summed E-state index contributed by atoms with van der Waals surface area (Å²) < 4.78 is 27.7. The minimum atomic E-state index is -0.342. The smallest absolute Gasteiger partial charge is 0.128 e. The van der Waals surface area contributed by atoms with Gasteiger partial charge in [-0.25, -0.2) is 8.78 Å². The molecule has 2 rings (SSSR count). The van der Waals surface area contributed by atoms with E-state index < -0.39 is 0 Å². The monoisotopic (exact) mass is 268 g/mol. The van der Waals surface area contributed by atoms with Crippen LogP contribution in [0.2, 0.25) is 0 Å². The number of hydrogen-bond donors (Lipinski definition) is 1. The van der Waals surface area contributed by atoms with Gasteiger partial charge in [-0.05, 0) is 57.4 Å². The number of halogens is 2. The topological polar surface area (TPSA) is 29.3 Å². The van der Waals surface area contributed by atoms with Gasteiger partial charge < -0.3 is 5.73 Å². The van der Waals surface area contributed by atoms with E-state index >= 15 is 0 Å². The number of nitrogens with two attached hydrogens (primary N) is 1. The van der Waals surface area contributed by atoms with Crippen molar-refractivity contribution in [2.45, 2.75) is 39.3 Å². The van der Waals surface area contributed by atoms with Crippen molar-refractivity contribution in [3.8, 4) is 0 Å². The van der Waals surface area contributed by atoms with Crippen molar-refractivity contribution < 1.29 is 8.78 Å². The van der Waals surface area contributed by atoms with Gasteiger partial charge in [-0.15, -0.1) is 0 Å². The summed E-state index contributed by atoms with van der Waals surface area (Å²) in [5.74, 6) is -0.212. The van der Waals surface area contributed by atoms with Gasteiger partial charge in [0.2, 0.25) is 0 Å². The second-order valence-electron chi connectivity index (χ2n) is 5.68. The Kier molecular flexibility index (Phi) is 4.21. The molecule has 2 nitrogen and oxygen atoms in total. The van der Waals surface area contributed by atoms with Crippen LogP contribution in [0.1, 0.15) is 37.4 Å². The van der Waals surface area contributed by atoms with Crippen molar-refractivity contribution in [2.75, 3.05) is 13.1 Å². The van der Waals surface area contributed by atoms with Crippen LogP contribution in [0.4, 0.5) is 8.78 Å². The zero-order valence-corrected chi connectivity index (χ0v) is 11.8. The van der Waals surface area contributed by atoms with Gasteiger partial charge in [-0.3, -0.25) is 4.90 Å². The molecule has 106 valence electrons. The molecule has 0 saturated carbocycles. The third kappa shape index (κ3) is 2.79. The zero-order chi connectivity index (χ0) is 14.2. The van der Waals surface area contributed by atoms with Crippen LogP contribution in [0.25, 0.3) is 0 Å². The van der Waals surface area contributed by atoms with Gasteiger partial charge in [0.1, 0.15) is 11.6 Å². The first-order chi connectivity index (χ1) is 8.93. The van der Waals surface area contributed by atoms with Crippen LogP contribution in [-0.4, -0.2) is 24.0 Å².